The van der Waals surface area contributed by atoms with Crippen LogP contribution in [0.4, 0.5) is 0 Å². The van der Waals surface area contributed by atoms with Gasteiger partial charge >= 0.3 is 74.3 Å². The molecule has 53 heteroatoms. The van der Waals surface area contributed by atoms with Crippen LogP contribution in [-0.2, 0) is 149 Å². The number of ether oxygens (including phenoxy) is 11. The minimum Gasteiger partial charge on any atom is -0.479 e. The van der Waals surface area contributed by atoms with Crippen molar-refractivity contribution in [3.05, 3.63) is 11.8 Å². The Kier molecular flexibility index (Phi) is 27.3. The zero-order valence-corrected chi connectivity index (χ0v) is 52.5. The van der Waals surface area contributed by atoms with Crippen LogP contribution in [0.1, 0.15) is 13.8 Å². The predicted octanol–water partition coefficient (Wildman–Crippen LogP) is -9.82. The molecule has 548 valence electrons. The molecule has 6 rings (SSSR count). The lowest BCUT2D eigenvalue weighted by Crippen LogP contribution is -2.62. The molecule has 0 spiro atoms. The number of aliphatic hydroxyl groups is 8. The first-order valence-corrected chi connectivity index (χ1v) is 34.8. The Morgan fingerprint density at radius 3 is 1.31 bits per heavy atom. The van der Waals surface area contributed by atoms with E-state index >= 15 is 0 Å². The maximum Gasteiger partial charge on any atom is 0.397 e. The third-order valence-corrected chi connectivity index (χ3v) is 17.6. The highest BCUT2D eigenvalue weighted by Gasteiger charge is 2.56. The summed E-state index contributed by atoms with van der Waals surface area (Å²) in [6.45, 7) is -6.73. The van der Waals surface area contributed by atoms with Gasteiger partial charge in [0, 0.05) is 29.6 Å². The normalized spacial score (nSPS) is 39.9. The van der Waals surface area contributed by atoms with Gasteiger partial charge in [-0.25, -0.2) is 34.7 Å². The molecule has 0 aliphatic carbocycles. The van der Waals surface area contributed by atoms with Crippen molar-refractivity contribution >= 4 is 74.3 Å². The molecule has 6 aliphatic rings. The van der Waals surface area contributed by atoms with Gasteiger partial charge in [0.15, 0.2) is 43.5 Å². The van der Waals surface area contributed by atoms with Gasteiger partial charge in [-0.3, -0.25) is 27.3 Å². The van der Waals surface area contributed by atoms with E-state index in [1.807, 2.05) is 0 Å². The minimum absolute atomic E-state index is 0.543. The van der Waals surface area contributed by atoms with Crippen LogP contribution in [0.25, 0.3) is 0 Å². The van der Waals surface area contributed by atoms with Crippen LogP contribution in [0, 0.1) is 29.6 Å². The van der Waals surface area contributed by atoms with Gasteiger partial charge in [0.1, 0.15) is 54.9 Å². The molecular formula is C41H66O47S6. The molecule has 0 aromatic rings. The van der Waals surface area contributed by atoms with Crippen molar-refractivity contribution in [2.45, 2.75) is 149 Å². The average molecular weight is 1500 g/mol. The van der Waals surface area contributed by atoms with Gasteiger partial charge in [-0.15, -0.1) is 0 Å². The van der Waals surface area contributed by atoms with E-state index in [0.717, 1.165) is 13.8 Å². The maximum absolute atomic E-state index is 12.7. The first-order valence-electron chi connectivity index (χ1n) is 26.6. The van der Waals surface area contributed by atoms with Crippen LogP contribution >= 0.6 is 0 Å². The molecule has 6 aliphatic heterocycles. The van der Waals surface area contributed by atoms with Crippen LogP contribution < -0.4 is 0 Å². The summed E-state index contributed by atoms with van der Waals surface area (Å²) < 4.78 is 285. The number of aliphatic carboxylic acids is 2. The van der Waals surface area contributed by atoms with Gasteiger partial charge in [-0.05, 0) is 19.9 Å². The zero-order valence-electron chi connectivity index (χ0n) is 47.6. The van der Waals surface area contributed by atoms with Gasteiger partial charge in [0.05, 0.1) is 83.4 Å². The van der Waals surface area contributed by atoms with Crippen molar-refractivity contribution in [2.24, 2.45) is 29.6 Å². The first-order chi connectivity index (χ1) is 43.1. The second-order valence-corrected chi connectivity index (χ2v) is 27.7. The summed E-state index contributed by atoms with van der Waals surface area (Å²) >= 11 is 0. The molecule has 0 amide bonds. The molecule has 6 heterocycles. The monoisotopic (exact) mass is 1500 g/mol. The summed E-state index contributed by atoms with van der Waals surface area (Å²) in [5.41, 5.74) is 0. The molecule has 0 aromatic heterocycles. The lowest BCUT2D eigenvalue weighted by atomic mass is 9.82. The van der Waals surface area contributed by atoms with E-state index in [0.29, 0.717) is 6.08 Å². The quantitative estimate of drug-likeness (QED) is 0.0287. The summed E-state index contributed by atoms with van der Waals surface area (Å²) in [6, 6.07) is 0. The Labute approximate surface area is 531 Å². The van der Waals surface area contributed by atoms with Crippen LogP contribution in [0.15, 0.2) is 11.8 Å². The highest BCUT2D eigenvalue weighted by atomic mass is 32.3. The second-order valence-electron chi connectivity index (χ2n) is 21.3. The van der Waals surface area contributed by atoms with E-state index in [1.165, 1.54) is 0 Å². The Bertz CT molecular complexity index is 3300. The molecule has 0 radical (unpaired) electrons. The fourth-order valence-electron chi connectivity index (χ4n) is 10.4. The van der Waals surface area contributed by atoms with E-state index in [4.69, 9.17) is 52.1 Å². The van der Waals surface area contributed by atoms with Gasteiger partial charge in [0.25, 0.3) is 0 Å². The Morgan fingerprint density at radius 2 is 0.840 bits per heavy atom. The van der Waals surface area contributed by atoms with Crippen LogP contribution in [0.2, 0.25) is 0 Å². The van der Waals surface area contributed by atoms with Crippen molar-refractivity contribution < 1.29 is 216 Å². The highest BCUT2D eigenvalue weighted by Crippen LogP contribution is 2.39. The largest absolute Gasteiger partial charge is 0.479 e. The fraction of sp³-hybridized carbons (Fsp3) is 0.902. The van der Waals surface area contributed by atoms with Gasteiger partial charge in [-0.1, -0.05) is 0 Å². The molecule has 27 atom stereocenters. The summed E-state index contributed by atoms with van der Waals surface area (Å²) in [6.07, 6.45) is -48.2. The van der Waals surface area contributed by atoms with Crippen molar-refractivity contribution in [3.63, 3.8) is 0 Å². The molecule has 5 saturated heterocycles. The molecule has 94 heavy (non-hydrogen) atoms. The lowest BCUT2D eigenvalue weighted by Gasteiger charge is -2.47. The second kappa shape index (κ2) is 32.1. The summed E-state index contributed by atoms with van der Waals surface area (Å²) in [5, 5.41) is 110. The fourth-order valence-corrected chi connectivity index (χ4v) is 13.1. The average Bonchev–Trinajstić information content (AvgIpc) is 0.796. The van der Waals surface area contributed by atoms with Gasteiger partial charge < -0.3 is 103 Å². The lowest BCUT2D eigenvalue weighted by molar-refractivity contribution is -0.327. The van der Waals surface area contributed by atoms with Crippen molar-refractivity contribution in [3.8, 4) is 0 Å². The predicted molar refractivity (Wildman–Crippen MR) is 280 cm³/mol. The van der Waals surface area contributed by atoms with Crippen LogP contribution in [-0.4, -0.2) is 329 Å². The van der Waals surface area contributed by atoms with Gasteiger partial charge in [-0.2, -0.15) is 50.5 Å². The number of hydrogen-bond acceptors (Lipinski definition) is 39. The topological polar surface area (TPSA) is 720 Å². The van der Waals surface area contributed by atoms with E-state index in [-0.39, 0.29) is 0 Å². The first kappa shape index (κ1) is 80.0. The number of hydrogen-bond donors (Lipinski definition) is 16. The summed E-state index contributed by atoms with van der Waals surface area (Å²) in [5.74, 6) is -13.6. The molecule has 5 fully saturated rings. The molecule has 27 unspecified atom stereocenters. The number of carboxylic acid groups (broad SMARTS) is 2. The smallest absolute Gasteiger partial charge is 0.397 e. The third-order valence-electron chi connectivity index (χ3n) is 14.9. The van der Waals surface area contributed by atoms with E-state index in [2.05, 4.69) is 25.1 Å². The molecule has 47 nitrogen and oxygen atoms in total. The van der Waals surface area contributed by atoms with Crippen LogP contribution in [0.5, 0.6) is 0 Å². The number of rotatable bonds is 31. The maximum atomic E-state index is 12.7. The SMILES string of the molecule is CC1OC(OCC2C(COC3OC(C(=O)O)C(O)C(COC4OC(COS(=O)(=O)O)C(O)C(COC5OC(C)C(OS(=O)(=O)O)C(O)C5OS(=O)(=O)O)C4COC4OC(C(=O)O)=CC(O)C4O)C3O)COC(COS(=O)(=O)O)C2O)C(OS(=O)(=O)O)C(O)C1OS(=O)(=O)O. The number of aliphatic hydroxyl groups excluding tert-OH is 8. The van der Waals surface area contributed by atoms with Crippen molar-refractivity contribution in [1.29, 1.82) is 0 Å². The Hall–Kier alpha value is -3.02. The van der Waals surface area contributed by atoms with E-state index < -0.39 is 298 Å². The number of carbonyl (C=O) groups is 2. The third kappa shape index (κ3) is 22.5. The molecule has 0 aromatic carbocycles. The Balaban J connectivity index is 1.31. The van der Waals surface area contributed by atoms with Gasteiger partial charge in [0.2, 0.25) is 12.0 Å². The molecular weight excluding hydrogens is 1440 g/mol. The summed E-state index contributed by atoms with van der Waals surface area (Å²) in [4.78, 5) is 24.6. The molecule has 16 N–H and O–H groups in total. The van der Waals surface area contributed by atoms with Crippen molar-refractivity contribution in [2.75, 3.05) is 52.9 Å². The van der Waals surface area contributed by atoms with E-state index in [9.17, 15) is 138 Å². The van der Waals surface area contributed by atoms with E-state index in [1.54, 1.807) is 0 Å². The zero-order chi connectivity index (χ0) is 70.7. The molecule has 0 bridgehead atoms. The highest BCUT2D eigenvalue weighted by molar-refractivity contribution is 7.82. The minimum atomic E-state index is -5.71. The summed E-state index contributed by atoms with van der Waals surface area (Å²) in [7, 11) is -33.0. The number of carboxylic acids is 2. The standard InChI is InChI=1S/C41H66O47S6/c1-12-30(85-91(60,61)62)28(48)33(87-93(66,67)68)40(80-12)76-6-15-14(4-72-21(23(15)43)10-78-89(54,55)56)5-73-38-26(46)18(25(45)32(84-38)36(52)53)9-74-37-17(8-75-39-27(47)19(42)3-20(82-39)35(50)51)16(24(44)22(83-37)11-79-90(57,58)59)7-77-41-34(88-94(69,70)71)29(49)31(13(2)81-41)86-92(63,64)65/h3,12-19,21-34,37-49H,4-11H2,1-2H3,(H,50,51)(H,52,53)(H,54,55,56)(H,57,58,59)(H,60,61,62)(H,63,64,65)(H,66,67,68)(H,69,70,71). The van der Waals surface area contributed by atoms with Crippen LogP contribution in [0.3, 0.4) is 0 Å². The Morgan fingerprint density at radius 1 is 0.426 bits per heavy atom. The van der Waals surface area contributed by atoms with Crippen molar-refractivity contribution in [1.82, 2.24) is 0 Å². The molecule has 0 saturated carbocycles.